The number of carbonyl (C=O) groups excluding carboxylic acids is 1. The molecule has 1 amide bonds. The zero-order valence-electron chi connectivity index (χ0n) is 16.8. The van der Waals surface area contributed by atoms with E-state index in [9.17, 15) is 4.79 Å². The predicted molar refractivity (Wildman–Crippen MR) is 117 cm³/mol. The van der Waals surface area contributed by atoms with Crippen LogP contribution in [0.5, 0.6) is 5.75 Å². The lowest BCUT2D eigenvalue weighted by Crippen LogP contribution is -2.15. The number of anilines is 1. The molecule has 3 rings (SSSR count). The lowest BCUT2D eigenvalue weighted by Gasteiger charge is -2.15. The summed E-state index contributed by atoms with van der Waals surface area (Å²) in [5.41, 5.74) is 3.12. The largest absolute Gasteiger partial charge is 0.481 e. The van der Waals surface area contributed by atoms with E-state index in [0.29, 0.717) is 21.8 Å². The van der Waals surface area contributed by atoms with E-state index >= 15 is 0 Å². The van der Waals surface area contributed by atoms with Crippen molar-refractivity contribution in [1.82, 2.24) is 14.8 Å². The molecule has 0 aliphatic carbocycles. The monoisotopic (exact) mass is 430 g/mol. The molecule has 0 radical (unpaired) electrons. The molecule has 1 atom stereocenters. The smallest absolute Gasteiger partial charge is 0.234 e. The molecule has 0 aliphatic heterocycles. The molecular formula is C21H23ClN4O2S. The maximum Gasteiger partial charge on any atom is 0.234 e. The number of thioether (sulfide) groups is 1. The number of rotatable bonds is 7. The van der Waals surface area contributed by atoms with Gasteiger partial charge in [-0.25, -0.2) is 0 Å². The van der Waals surface area contributed by atoms with E-state index in [-0.39, 0.29) is 17.8 Å². The molecule has 152 valence electrons. The summed E-state index contributed by atoms with van der Waals surface area (Å²) >= 11 is 7.48. The van der Waals surface area contributed by atoms with Crippen LogP contribution in [0.4, 0.5) is 5.69 Å². The van der Waals surface area contributed by atoms with Gasteiger partial charge >= 0.3 is 0 Å². The second-order valence-electron chi connectivity index (χ2n) is 6.73. The fraction of sp³-hybridized carbons (Fsp3) is 0.286. The third-order valence-corrected chi connectivity index (χ3v) is 5.83. The molecule has 0 bridgehead atoms. The van der Waals surface area contributed by atoms with Gasteiger partial charge in [-0.05, 0) is 56.2 Å². The minimum absolute atomic E-state index is 0.0943. The van der Waals surface area contributed by atoms with Gasteiger partial charge in [-0.15, -0.1) is 10.2 Å². The van der Waals surface area contributed by atoms with Crippen LogP contribution in [0, 0.1) is 13.8 Å². The zero-order valence-corrected chi connectivity index (χ0v) is 18.3. The topological polar surface area (TPSA) is 69.0 Å². The Kier molecular flexibility index (Phi) is 6.82. The van der Waals surface area contributed by atoms with Crippen molar-refractivity contribution in [1.29, 1.82) is 0 Å². The van der Waals surface area contributed by atoms with E-state index in [4.69, 9.17) is 16.3 Å². The molecule has 0 fully saturated rings. The molecule has 0 unspecified atom stereocenters. The number of para-hydroxylation sites is 1. The molecule has 1 aromatic heterocycles. The summed E-state index contributed by atoms with van der Waals surface area (Å²) in [6.07, 6.45) is -0.342. The molecule has 0 saturated carbocycles. The first kappa shape index (κ1) is 21.2. The van der Waals surface area contributed by atoms with Crippen molar-refractivity contribution in [2.75, 3.05) is 11.1 Å². The zero-order chi connectivity index (χ0) is 21.0. The Labute approximate surface area is 179 Å². The van der Waals surface area contributed by atoms with Gasteiger partial charge in [-0.1, -0.05) is 41.6 Å². The van der Waals surface area contributed by atoms with Crippen molar-refractivity contribution in [2.24, 2.45) is 7.05 Å². The van der Waals surface area contributed by atoms with Crippen LogP contribution in [0.25, 0.3) is 0 Å². The maximum atomic E-state index is 12.3. The highest BCUT2D eigenvalue weighted by Crippen LogP contribution is 2.29. The van der Waals surface area contributed by atoms with Crippen molar-refractivity contribution in [2.45, 2.75) is 32.0 Å². The number of ether oxygens (including phenoxy) is 1. The fourth-order valence-corrected chi connectivity index (χ4v) is 3.63. The first-order valence-corrected chi connectivity index (χ1v) is 10.5. The number of nitrogens with zero attached hydrogens (tertiary/aromatic N) is 3. The standard InChI is InChI=1S/C21H23ClN4O2S/c1-13-9-10-16(11-14(13)2)23-19(27)12-29-21-25-24-20(26(21)4)15(3)28-18-8-6-5-7-17(18)22/h5-11,15H,12H2,1-4H3,(H,23,27)/t15-/m1/s1. The highest BCUT2D eigenvalue weighted by atomic mass is 35.5. The normalized spacial score (nSPS) is 11.9. The van der Waals surface area contributed by atoms with Crippen LogP contribution in [0.15, 0.2) is 47.6 Å². The third kappa shape index (κ3) is 5.31. The molecular weight excluding hydrogens is 408 g/mol. The van der Waals surface area contributed by atoms with E-state index in [2.05, 4.69) is 15.5 Å². The summed E-state index contributed by atoms with van der Waals surface area (Å²) in [6, 6.07) is 13.1. The summed E-state index contributed by atoms with van der Waals surface area (Å²) in [5.74, 6) is 1.38. The van der Waals surface area contributed by atoms with Crippen LogP contribution in [-0.4, -0.2) is 26.4 Å². The van der Waals surface area contributed by atoms with Crippen molar-refractivity contribution in [3.05, 3.63) is 64.4 Å². The number of aromatic nitrogens is 3. The molecule has 1 heterocycles. The number of amides is 1. The molecule has 2 aromatic carbocycles. The van der Waals surface area contributed by atoms with Gasteiger partial charge in [0.1, 0.15) is 5.75 Å². The molecule has 0 aliphatic rings. The van der Waals surface area contributed by atoms with Gasteiger partial charge in [0.15, 0.2) is 17.1 Å². The molecule has 8 heteroatoms. The Morgan fingerprint density at radius 2 is 1.97 bits per heavy atom. The first-order valence-electron chi connectivity index (χ1n) is 9.15. The number of benzene rings is 2. The van der Waals surface area contributed by atoms with Crippen molar-refractivity contribution >= 4 is 35.0 Å². The molecule has 0 saturated heterocycles. The van der Waals surface area contributed by atoms with Gasteiger partial charge in [-0.3, -0.25) is 4.79 Å². The predicted octanol–water partition coefficient (Wildman–Crippen LogP) is 4.96. The van der Waals surface area contributed by atoms with Crippen LogP contribution in [0.3, 0.4) is 0 Å². The summed E-state index contributed by atoms with van der Waals surface area (Å²) in [4.78, 5) is 12.3. The lowest BCUT2D eigenvalue weighted by molar-refractivity contribution is -0.113. The van der Waals surface area contributed by atoms with Gasteiger partial charge in [0, 0.05) is 12.7 Å². The van der Waals surface area contributed by atoms with Crippen molar-refractivity contribution in [3.8, 4) is 5.75 Å². The van der Waals surface area contributed by atoms with E-state index in [1.807, 2.05) is 68.8 Å². The van der Waals surface area contributed by atoms with Crippen LogP contribution in [-0.2, 0) is 11.8 Å². The molecule has 3 aromatic rings. The van der Waals surface area contributed by atoms with E-state index in [1.54, 1.807) is 6.07 Å². The maximum absolute atomic E-state index is 12.3. The average molecular weight is 431 g/mol. The molecule has 0 spiro atoms. The summed E-state index contributed by atoms with van der Waals surface area (Å²) in [6.45, 7) is 5.94. The van der Waals surface area contributed by atoms with Gasteiger partial charge in [0.05, 0.1) is 10.8 Å². The van der Waals surface area contributed by atoms with Gasteiger partial charge in [-0.2, -0.15) is 0 Å². The second-order valence-corrected chi connectivity index (χ2v) is 8.08. The number of nitrogens with one attached hydrogen (secondary N) is 1. The number of hydrogen-bond donors (Lipinski definition) is 1. The van der Waals surface area contributed by atoms with E-state index < -0.39 is 0 Å². The Balaban J connectivity index is 1.59. The SMILES string of the molecule is Cc1ccc(NC(=O)CSc2nnc([C@@H](C)Oc3ccccc3Cl)n2C)cc1C. The summed E-state index contributed by atoms with van der Waals surface area (Å²) in [7, 11) is 1.85. The van der Waals surface area contributed by atoms with E-state index in [1.165, 1.54) is 17.3 Å². The van der Waals surface area contributed by atoms with Crippen LogP contribution in [0.2, 0.25) is 5.02 Å². The van der Waals surface area contributed by atoms with E-state index in [0.717, 1.165) is 11.3 Å². The number of aryl methyl sites for hydroxylation is 2. The third-order valence-electron chi connectivity index (χ3n) is 4.50. The Bertz CT molecular complexity index is 1020. The molecule has 1 N–H and O–H groups in total. The number of carbonyl (C=O) groups is 1. The lowest BCUT2D eigenvalue weighted by atomic mass is 10.1. The summed E-state index contributed by atoms with van der Waals surface area (Å²) < 4.78 is 7.74. The molecule has 6 nitrogen and oxygen atoms in total. The molecule has 29 heavy (non-hydrogen) atoms. The van der Waals surface area contributed by atoms with Gasteiger partial charge < -0.3 is 14.6 Å². The quantitative estimate of drug-likeness (QED) is 0.536. The Hall–Kier alpha value is -2.51. The average Bonchev–Trinajstić information content (AvgIpc) is 3.05. The van der Waals surface area contributed by atoms with Gasteiger partial charge in [0.25, 0.3) is 0 Å². The van der Waals surface area contributed by atoms with Crippen LogP contribution >= 0.6 is 23.4 Å². The Morgan fingerprint density at radius 1 is 1.21 bits per heavy atom. The van der Waals surface area contributed by atoms with Crippen molar-refractivity contribution < 1.29 is 9.53 Å². The summed E-state index contributed by atoms with van der Waals surface area (Å²) in [5, 5.41) is 12.5. The minimum Gasteiger partial charge on any atom is -0.481 e. The highest BCUT2D eigenvalue weighted by molar-refractivity contribution is 7.99. The second kappa shape index (κ2) is 9.33. The number of halogens is 1. The van der Waals surface area contributed by atoms with Gasteiger partial charge in [0.2, 0.25) is 5.91 Å². The highest BCUT2D eigenvalue weighted by Gasteiger charge is 2.19. The van der Waals surface area contributed by atoms with Crippen LogP contribution < -0.4 is 10.1 Å². The van der Waals surface area contributed by atoms with Crippen molar-refractivity contribution in [3.63, 3.8) is 0 Å². The number of hydrogen-bond acceptors (Lipinski definition) is 5. The van der Waals surface area contributed by atoms with Crippen LogP contribution in [0.1, 0.15) is 30.0 Å². The first-order chi connectivity index (χ1) is 13.8. The fourth-order valence-electron chi connectivity index (χ4n) is 2.74. The Morgan fingerprint density at radius 3 is 2.69 bits per heavy atom. The minimum atomic E-state index is -0.342.